The van der Waals surface area contributed by atoms with Crippen LogP contribution in [-0.4, -0.2) is 42.3 Å². The molecule has 0 aliphatic carbocycles. The first-order valence-corrected chi connectivity index (χ1v) is 10.9. The molecule has 0 aromatic rings. The highest BCUT2D eigenvalue weighted by atomic mass is 16.7. The third kappa shape index (κ3) is 11.5. The molecule has 0 aromatic carbocycles. The van der Waals surface area contributed by atoms with Crippen LogP contribution in [0.5, 0.6) is 0 Å². The standard InChI is InChI=1S/C25H40O5/c1-19(15-18-29-22-13-8-9-17-28-22)11-10-12-20(2)21(14-16-25(6,7)27)30-23(26)24(3,4)5/h12,15,21-22,27H,8-11,13,17-18H2,1-7H3/b19-15+,20-12+/t21-,22?/m0/s1. The quantitative estimate of drug-likeness (QED) is 0.342. The topological polar surface area (TPSA) is 65.0 Å². The third-order valence-electron chi connectivity index (χ3n) is 4.62. The molecule has 0 radical (unpaired) electrons. The molecule has 1 aliphatic heterocycles. The molecule has 1 N–H and O–H groups in total. The van der Waals surface area contributed by atoms with Crippen LogP contribution in [0.15, 0.2) is 23.3 Å². The summed E-state index contributed by atoms with van der Waals surface area (Å²) in [6.07, 6.45) is 8.33. The molecule has 1 unspecified atom stereocenters. The fourth-order valence-corrected chi connectivity index (χ4v) is 2.64. The molecule has 0 bridgehead atoms. The minimum atomic E-state index is -1.14. The maximum absolute atomic E-state index is 12.3. The summed E-state index contributed by atoms with van der Waals surface area (Å²) >= 11 is 0. The van der Waals surface area contributed by atoms with Crippen LogP contribution in [0.1, 0.15) is 80.6 Å². The molecular formula is C25H40O5. The van der Waals surface area contributed by atoms with E-state index in [0.29, 0.717) is 6.61 Å². The van der Waals surface area contributed by atoms with Crippen LogP contribution < -0.4 is 0 Å². The molecule has 0 amide bonds. The van der Waals surface area contributed by atoms with Crippen molar-refractivity contribution in [2.24, 2.45) is 5.41 Å². The van der Waals surface area contributed by atoms with E-state index in [1.165, 1.54) is 5.57 Å². The van der Waals surface area contributed by atoms with Crippen molar-refractivity contribution in [3.05, 3.63) is 23.3 Å². The van der Waals surface area contributed by atoms with Crippen LogP contribution in [0.2, 0.25) is 0 Å². The Bertz CT molecular complexity index is 658. The van der Waals surface area contributed by atoms with Gasteiger partial charge >= 0.3 is 5.97 Å². The normalized spacial score (nSPS) is 19.7. The van der Waals surface area contributed by atoms with Crippen LogP contribution >= 0.6 is 0 Å². The summed E-state index contributed by atoms with van der Waals surface area (Å²) in [5.74, 6) is 5.36. The van der Waals surface area contributed by atoms with Gasteiger partial charge in [0.05, 0.1) is 12.0 Å². The number of aliphatic hydroxyl groups is 1. The lowest BCUT2D eigenvalue weighted by Crippen LogP contribution is -2.28. The summed E-state index contributed by atoms with van der Waals surface area (Å²) in [5.41, 5.74) is 0.342. The van der Waals surface area contributed by atoms with Gasteiger partial charge < -0.3 is 19.3 Å². The Balaban J connectivity index is 2.63. The molecule has 170 valence electrons. The molecular weight excluding hydrogens is 380 g/mol. The van der Waals surface area contributed by atoms with Gasteiger partial charge in [-0.3, -0.25) is 4.79 Å². The Morgan fingerprint density at radius 2 is 1.90 bits per heavy atom. The molecule has 0 saturated carbocycles. The smallest absolute Gasteiger partial charge is 0.312 e. The number of esters is 1. The minimum absolute atomic E-state index is 0.0717. The second-order valence-corrected chi connectivity index (χ2v) is 9.53. The Hall–Kier alpha value is -1.61. The number of ether oxygens (including phenoxy) is 3. The van der Waals surface area contributed by atoms with Crippen LogP contribution in [0.4, 0.5) is 0 Å². The van der Waals surface area contributed by atoms with E-state index in [9.17, 15) is 9.90 Å². The van der Waals surface area contributed by atoms with Gasteiger partial charge in [0.25, 0.3) is 0 Å². The second-order valence-electron chi connectivity index (χ2n) is 9.53. The summed E-state index contributed by atoms with van der Waals surface area (Å²) in [4.78, 5) is 12.3. The van der Waals surface area contributed by atoms with Crippen LogP contribution in [0.3, 0.4) is 0 Å². The van der Waals surface area contributed by atoms with Crippen molar-refractivity contribution in [2.45, 2.75) is 98.6 Å². The Morgan fingerprint density at radius 1 is 1.20 bits per heavy atom. The van der Waals surface area contributed by atoms with Crippen molar-refractivity contribution in [2.75, 3.05) is 13.2 Å². The predicted molar refractivity (Wildman–Crippen MR) is 120 cm³/mol. The molecule has 1 aliphatic rings. The van der Waals surface area contributed by atoms with Gasteiger partial charge in [0.1, 0.15) is 5.60 Å². The first kappa shape index (κ1) is 26.4. The van der Waals surface area contributed by atoms with Gasteiger partial charge in [-0.1, -0.05) is 29.6 Å². The monoisotopic (exact) mass is 420 g/mol. The first-order chi connectivity index (χ1) is 13.9. The molecule has 2 atom stereocenters. The minimum Gasteiger partial charge on any atom is -0.444 e. The van der Waals surface area contributed by atoms with Crippen molar-refractivity contribution in [1.82, 2.24) is 0 Å². The number of hydrogen-bond acceptors (Lipinski definition) is 5. The number of rotatable bonds is 8. The number of carbonyl (C=O) groups is 1. The van der Waals surface area contributed by atoms with E-state index in [2.05, 4.69) is 24.8 Å². The fourth-order valence-electron chi connectivity index (χ4n) is 2.64. The average Bonchev–Trinajstić information content (AvgIpc) is 2.64. The fraction of sp³-hybridized carbons (Fsp3) is 0.720. The molecule has 0 aromatic heterocycles. The van der Waals surface area contributed by atoms with Gasteiger partial charge in [0.15, 0.2) is 12.4 Å². The molecule has 0 spiro atoms. The Labute approximate surface area is 182 Å². The van der Waals surface area contributed by atoms with Crippen LogP contribution in [0, 0.1) is 17.3 Å². The van der Waals surface area contributed by atoms with Gasteiger partial charge in [-0.2, -0.15) is 0 Å². The van der Waals surface area contributed by atoms with E-state index in [1.807, 2.05) is 33.8 Å². The highest BCUT2D eigenvalue weighted by Gasteiger charge is 2.26. The molecule has 5 heteroatoms. The van der Waals surface area contributed by atoms with Gasteiger partial charge in [-0.15, -0.1) is 0 Å². The second kappa shape index (κ2) is 12.3. The summed E-state index contributed by atoms with van der Waals surface area (Å²) in [5, 5.41) is 9.91. The van der Waals surface area contributed by atoms with Crippen LogP contribution in [-0.2, 0) is 19.0 Å². The number of allylic oxidation sites excluding steroid dienone is 2. The molecule has 1 fully saturated rings. The van der Waals surface area contributed by atoms with Crippen molar-refractivity contribution in [1.29, 1.82) is 0 Å². The van der Waals surface area contributed by atoms with Crippen LogP contribution in [0.25, 0.3) is 0 Å². The zero-order valence-corrected chi connectivity index (χ0v) is 19.8. The van der Waals surface area contributed by atoms with Crippen molar-refractivity contribution < 1.29 is 24.1 Å². The zero-order chi connectivity index (χ0) is 22.8. The number of carbonyl (C=O) groups excluding carboxylic acids is 1. The molecule has 1 saturated heterocycles. The lowest BCUT2D eigenvalue weighted by molar-refractivity contribution is -0.155. The zero-order valence-electron chi connectivity index (χ0n) is 19.8. The average molecular weight is 421 g/mol. The maximum Gasteiger partial charge on any atom is 0.312 e. The van der Waals surface area contributed by atoms with E-state index < -0.39 is 17.1 Å². The summed E-state index contributed by atoms with van der Waals surface area (Å²) in [7, 11) is 0. The van der Waals surface area contributed by atoms with E-state index in [4.69, 9.17) is 14.2 Å². The predicted octanol–water partition coefficient (Wildman–Crippen LogP) is 4.93. The van der Waals surface area contributed by atoms with E-state index in [1.54, 1.807) is 13.8 Å². The van der Waals surface area contributed by atoms with E-state index in [0.717, 1.165) is 44.3 Å². The number of hydrogen-bond donors (Lipinski definition) is 1. The van der Waals surface area contributed by atoms with Gasteiger partial charge in [-0.25, -0.2) is 0 Å². The highest BCUT2D eigenvalue weighted by molar-refractivity contribution is 5.76. The van der Waals surface area contributed by atoms with Gasteiger partial charge in [-0.05, 0) is 86.1 Å². The third-order valence-corrected chi connectivity index (χ3v) is 4.62. The lowest BCUT2D eigenvalue weighted by atomic mass is 9.97. The summed E-state index contributed by atoms with van der Waals surface area (Å²) in [6.45, 7) is 14.0. The molecule has 30 heavy (non-hydrogen) atoms. The Morgan fingerprint density at radius 3 is 2.47 bits per heavy atom. The molecule has 5 nitrogen and oxygen atoms in total. The van der Waals surface area contributed by atoms with Crippen molar-refractivity contribution >= 4 is 5.97 Å². The molecule has 1 rings (SSSR count). The SMILES string of the molecule is C/C(=C\COC1CCCCO1)CC/C=C(\C)[C@H](C#CC(C)(C)O)OC(=O)C(C)(C)C. The summed E-state index contributed by atoms with van der Waals surface area (Å²) in [6, 6.07) is 0. The van der Waals surface area contributed by atoms with Gasteiger partial charge in [0.2, 0.25) is 0 Å². The highest BCUT2D eigenvalue weighted by Crippen LogP contribution is 2.20. The summed E-state index contributed by atoms with van der Waals surface area (Å²) < 4.78 is 16.9. The largest absolute Gasteiger partial charge is 0.444 e. The van der Waals surface area contributed by atoms with Crippen molar-refractivity contribution in [3.63, 3.8) is 0 Å². The van der Waals surface area contributed by atoms with Gasteiger partial charge in [0, 0.05) is 6.61 Å². The van der Waals surface area contributed by atoms with E-state index in [-0.39, 0.29) is 12.3 Å². The first-order valence-electron chi connectivity index (χ1n) is 10.9. The Kier molecular flexibility index (Phi) is 10.8. The maximum atomic E-state index is 12.3. The molecule has 1 heterocycles. The van der Waals surface area contributed by atoms with E-state index >= 15 is 0 Å². The van der Waals surface area contributed by atoms with Crippen molar-refractivity contribution in [3.8, 4) is 11.8 Å². The lowest BCUT2D eigenvalue weighted by Gasteiger charge is -2.22.